The lowest BCUT2D eigenvalue weighted by molar-refractivity contribution is 0.866. The van der Waals surface area contributed by atoms with Gasteiger partial charge in [0.05, 0.1) is 11.9 Å². The number of nitrogens with one attached hydrogen (secondary N) is 1. The molecule has 0 unspecified atom stereocenters. The van der Waals surface area contributed by atoms with Gasteiger partial charge in [-0.05, 0) is 31.5 Å². The largest absolute Gasteiger partial charge is 0.372 e. The van der Waals surface area contributed by atoms with Crippen LogP contribution in [0.25, 0.3) is 11.3 Å². The minimum Gasteiger partial charge on any atom is -0.372 e. The van der Waals surface area contributed by atoms with E-state index in [9.17, 15) is 0 Å². The molecule has 2 aromatic carbocycles. The first-order chi connectivity index (χ1) is 12.3. The van der Waals surface area contributed by atoms with Crippen molar-refractivity contribution in [2.45, 2.75) is 13.8 Å². The molecule has 4 nitrogen and oxygen atoms in total. The Hall–Kier alpha value is -2.66. The normalized spacial score (nSPS) is 11.0. The summed E-state index contributed by atoms with van der Waals surface area (Å²) < 4.78 is 0. The molecule has 0 aliphatic heterocycles. The van der Waals surface area contributed by atoms with Crippen molar-refractivity contribution in [3.05, 3.63) is 65.5 Å². The van der Waals surface area contributed by atoms with E-state index in [4.69, 9.17) is 0 Å². The second kappa shape index (κ2) is 8.44. The summed E-state index contributed by atoms with van der Waals surface area (Å²) in [6, 6.07) is 18.6. The van der Waals surface area contributed by atoms with Crippen LogP contribution in [0.2, 0.25) is 0 Å². The minimum absolute atomic E-state index is 0.787. The maximum atomic E-state index is 4.56. The Morgan fingerprint density at radius 3 is 2.44 bits per heavy atom. The average molecular weight is 350 g/mol. The summed E-state index contributed by atoms with van der Waals surface area (Å²) in [6.45, 7) is 6.36. The van der Waals surface area contributed by atoms with Crippen LogP contribution in [-0.2, 0) is 0 Å². The highest BCUT2D eigenvalue weighted by Gasteiger charge is 2.03. The van der Waals surface area contributed by atoms with E-state index in [1.807, 2.05) is 29.8 Å². The second-order valence-electron chi connectivity index (χ2n) is 5.54. The second-order valence-corrected chi connectivity index (χ2v) is 6.40. The topological polar surface area (TPSA) is 40.5 Å². The zero-order valence-corrected chi connectivity index (χ0v) is 15.3. The van der Waals surface area contributed by atoms with Crippen LogP contribution >= 0.6 is 11.3 Å². The zero-order valence-electron chi connectivity index (χ0n) is 14.5. The van der Waals surface area contributed by atoms with E-state index < -0.39 is 0 Å². The molecule has 0 fully saturated rings. The highest BCUT2D eigenvalue weighted by Crippen LogP contribution is 2.24. The van der Waals surface area contributed by atoms with Gasteiger partial charge in [0.2, 0.25) is 5.13 Å². The van der Waals surface area contributed by atoms with Crippen molar-refractivity contribution in [1.82, 2.24) is 4.98 Å². The van der Waals surface area contributed by atoms with Gasteiger partial charge in [-0.25, -0.2) is 4.98 Å². The maximum absolute atomic E-state index is 4.56. The maximum Gasteiger partial charge on any atom is 0.203 e. The van der Waals surface area contributed by atoms with Crippen LogP contribution in [0.3, 0.4) is 0 Å². The van der Waals surface area contributed by atoms with Gasteiger partial charge >= 0.3 is 0 Å². The van der Waals surface area contributed by atoms with Crippen molar-refractivity contribution >= 4 is 28.4 Å². The lowest BCUT2D eigenvalue weighted by atomic mass is 10.2. The Bertz CT molecular complexity index is 805. The van der Waals surface area contributed by atoms with Crippen LogP contribution in [0, 0.1) is 0 Å². The molecule has 25 heavy (non-hydrogen) atoms. The van der Waals surface area contributed by atoms with Crippen LogP contribution in [0.4, 0.5) is 10.8 Å². The fraction of sp³-hybridized carbons (Fsp3) is 0.200. The van der Waals surface area contributed by atoms with E-state index in [0.717, 1.165) is 35.0 Å². The molecule has 0 aliphatic carbocycles. The number of benzene rings is 2. The average Bonchev–Trinajstić information content (AvgIpc) is 3.14. The SMILES string of the molecule is CCN(CC)c1ccc(/C=N/Nc2nc(-c3ccccc3)cs2)cc1. The van der Waals surface area contributed by atoms with E-state index in [-0.39, 0.29) is 0 Å². The van der Waals surface area contributed by atoms with E-state index in [1.54, 1.807) is 11.3 Å². The van der Waals surface area contributed by atoms with Gasteiger partial charge in [-0.15, -0.1) is 11.3 Å². The molecule has 1 aromatic heterocycles. The summed E-state index contributed by atoms with van der Waals surface area (Å²) in [5.41, 5.74) is 7.38. The number of hydrazone groups is 1. The van der Waals surface area contributed by atoms with Crippen LogP contribution < -0.4 is 10.3 Å². The molecular formula is C20H22N4S. The standard InChI is InChI=1S/C20H22N4S/c1-3-24(4-2)18-12-10-16(11-13-18)14-21-23-20-22-19(15-25-20)17-8-6-5-7-9-17/h5-15H,3-4H2,1-2H3,(H,22,23)/b21-14+. The summed E-state index contributed by atoms with van der Waals surface area (Å²) in [5, 5.41) is 7.11. The van der Waals surface area contributed by atoms with Crippen molar-refractivity contribution in [1.29, 1.82) is 0 Å². The molecule has 0 spiro atoms. The number of hydrogen-bond donors (Lipinski definition) is 1. The molecule has 0 saturated carbocycles. The van der Waals surface area contributed by atoms with Crippen LogP contribution in [0.5, 0.6) is 0 Å². The zero-order chi connectivity index (χ0) is 17.5. The van der Waals surface area contributed by atoms with Crippen molar-refractivity contribution in [2.75, 3.05) is 23.4 Å². The number of thiazole rings is 1. The van der Waals surface area contributed by atoms with Gasteiger partial charge < -0.3 is 4.90 Å². The number of hydrogen-bond acceptors (Lipinski definition) is 5. The number of aromatic nitrogens is 1. The van der Waals surface area contributed by atoms with Gasteiger partial charge in [-0.1, -0.05) is 42.5 Å². The monoisotopic (exact) mass is 350 g/mol. The molecule has 0 amide bonds. The predicted molar refractivity (Wildman–Crippen MR) is 109 cm³/mol. The molecule has 0 saturated heterocycles. The molecule has 0 aliphatic rings. The van der Waals surface area contributed by atoms with Crippen LogP contribution in [0.1, 0.15) is 19.4 Å². The molecule has 3 aromatic rings. The summed E-state index contributed by atoms with van der Waals surface area (Å²) in [4.78, 5) is 6.88. The smallest absolute Gasteiger partial charge is 0.203 e. The van der Waals surface area contributed by atoms with Crippen LogP contribution in [0.15, 0.2) is 65.1 Å². The van der Waals surface area contributed by atoms with Gasteiger partial charge in [-0.3, -0.25) is 5.43 Å². The Morgan fingerprint density at radius 2 is 1.76 bits per heavy atom. The lowest BCUT2D eigenvalue weighted by Crippen LogP contribution is -2.21. The molecule has 3 rings (SSSR count). The van der Waals surface area contributed by atoms with E-state index in [2.05, 4.69) is 70.7 Å². The molecule has 0 radical (unpaired) electrons. The Kier molecular flexibility index (Phi) is 5.80. The fourth-order valence-corrected chi connectivity index (χ4v) is 3.26. The van der Waals surface area contributed by atoms with Crippen molar-refractivity contribution < 1.29 is 0 Å². The number of rotatable bonds is 7. The molecule has 5 heteroatoms. The van der Waals surface area contributed by atoms with Gasteiger partial charge in [0.15, 0.2) is 0 Å². The van der Waals surface area contributed by atoms with E-state index in [1.165, 1.54) is 5.69 Å². The number of anilines is 2. The first-order valence-electron chi connectivity index (χ1n) is 8.45. The third-order valence-corrected chi connectivity index (χ3v) is 4.72. The van der Waals surface area contributed by atoms with Gasteiger partial charge in [0.1, 0.15) is 0 Å². The van der Waals surface area contributed by atoms with Gasteiger partial charge in [0.25, 0.3) is 0 Å². The van der Waals surface area contributed by atoms with E-state index in [0.29, 0.717) is 0 Å². The molecule has 0 atom stereocenters. The Labute approximate surface area is 152 Å². The molecule has 1 N–H and O–H groups in total. The Morgan fingerprint density at radius 1 is 1.04 bits per heavy atom. The molecule has 128 valence electrons. The fourth-order valence-electron chi connectivity index (χ4n) is 2.59. The van der Waals surface area contributed by atoms with Crippen molar-refractivity contribution in [3.8, 4) is 11.3 Å². The minimum atomic E-state index is 0.787. The molecular weight excluding hydrogens is 328 g/mol. The summed E-state index contributed by atoms with van der Waals surface area (Å²) >= 11 is 1.55. The van der Waals surface area contributed by atoms with Crippen LogP contribution in [-0.4, -0.2) is 24.3 Å². The van der Waals surface area contributed by atoms with Gasteiger partial charge in [-0.2, -0.15) is 5.10 Å². The van der Waals surface area contributed by atoms with Crippen molar-refractivity contribution in [3.63, 3.8) is 0 Å². The van der Waals surface area contributed by atoms with E-state index >= 15 is 0 Å². The highest BCUT2D eigenvalue weighted by atomic mass is 32.1. The van der Waals surface area contributed by atoms with Gasteiger partial charge in [0, 0.05) is 29.7 Å². The third kappa shape index (κ3) is 4.45. The predicted octanol–water partition coefficient (Wildman–Crippen LogP) is 5.10. The highest BCUT2D eigenvalue weighted by molar-refractivity contribution is 7.14. The molecule has 0 bridgehead atoms. The Balaban J connectivity index is 1.61. The quantitative estimate of drug-likeness (QED) is 0.476. The summed E-state index contributed by atoms with van der Waals surface area (Å²) in [7, 11) is 0. The summed E-state index contributed by atoms with van der Waals surface area (Å²) in [5.74, 6) is 0. The van der Waals surface area contributed by atoms with Crippen molar-refractivity contribution in [2.24, 2.45) is 5.10 Å². The lowest BCUT2D eigenvalue weighted by Gasteiger charge is -2.20. The third-order valence-electron chi connectivity index (χ3n) is 3.97. The number of nitrogens with zero attached hydrogens (tertiary/aromatic N) is 3. The first kappa shape index (κ1) is 17.2. The molecule has 1 heterocycles. The first-order valence-corrected chi connectivity index (χ1v) is 9.33. The summed E-state index contributed by atoms with van der Waals surface area (Å²) in [6.07, 6.45) is 1.82.